The molecule has 0 aliphatic heterocycles. The van der Waals surface area contributed by atoms with E-state index in [4.69, 9.17) is 30.5 Å². The molecule has 1 amide bonds. The van der Waals surface area contributed by atoms with Crippen molar-refractivity contribution in [2.24, 2.45) is 0 Å². The van der Waals surface area contributed by atoms with Gasteiger partial charge in [-0.15, -0.1) is 0 Å². The Hall–Kier alpha value is -5.17. The normalized spacial score (nSPS) is 10.8. The number of hydrogen-bond acceptors (Lipinski definition) is 10. The van der Waals surface area contributed by atoms with Gasteiger partial charge >= 0.3 is 11.9 Å². The molecule has 13 heteroatoms. The monoisotopic (exact) mass is 716 g/mol. The quantitative estimate of drug-likeness (QED) is 0.0571. The number of carbonyl (C=O) groups excluding carboxylic acids is 3. The van der Waals surface area contributed by atoms with Gasteiger partial charge in [0.1, 0.15) is 18.6 Å². The van der Waals surface area contributed by atoms with E-state index in [1.165, 1.54) is 18.2 Å². The number of aryl methyl sites for hydroxylation is 2. The Bertz CT molecular complexity index is 2020. The summed E-state index contributed by atoms with van der Waals surface area (Å²) in [5, 5.41) is 1.56. The van der Waals surface area contributed by atoms with Crippen molar-refractivity contribution in [2.75, 3.05) is 39.1 Å². The molecule has 0 atom stereocenters. The molecule has 51 heavy (non-hydrogen) atoms. The molecule has 12 nitrogen and oxygen atoms in total. The highest BCUT2D eigenvalue weighted by atomic mass is 35.5. The summed E-state index contributed by atoms with van der Waals surface area (Å²) < 4.78 is 21.8. The Labute approximate surface area is 300 Å². The van der Waals surface area contributed by atoms with Crippen molar-refractivity contribution in [3.63, 3.8) is 0 Å². The van der Waals surface area contributed by atoms with E-state index in [9.17, 15) is 19.2 Å². The summed E-state index contributed by atoms with van der Waals surface area (Å²) in [4.78, 5) is 58.3. The molecule has 268 valence electrons. The summed E-state index contributed by atoms with van der Waals surface area (Å²) in [6.07, 6.45) is 4.99. The molecule has 0 saturated heterocycles. The Balaban J connectivity index is 0.000000229. The Morgan fingerprint density at radius 3 is 2.04 bits per heavy atom. The first kappa shape index (κ1) is 38.6. The zero-order valence-electron chi connectivity index (χ0n) is 29.1. The minimum Gasteiger partial charge on any atom is -0.466 e. The van der Waals surface area contributed by atoms with Crippen LogP contribution in [0, 0.1) is 0 Å². The first-order valence-electron chi connectivity index (χ1n) is 16.4. The van der Waals surface area contributed by atoms with Crippen LogP contribution < -0.4 is 10.5 Å². The fourth-order valence-electron chi connectivity index (χ4n) is 5.34. The Morgan fingerprint density at radius 1 is 0.784 bits per heavy atom. The summed E-state index contributed by atoms with van der Waals surface area (Å²) in [5.74, 6) is -0.738. The van der Waals surface area contributed by atoms with Crippen molar-refractivity contribution in [2.45, 2.75) is 46.3 Å². The number of anilines is 1. The number of pyridine rings is 3. The zero-order valence-corrected chi connectivity index (χ0v) is 29.9. The molecule has 0 fully saturated rings. The largest absolute Gasteiger partial charge is 0.466 e. The van der Waals surface area contributed by atoms with Gasteiger partial charge in [0.05, 0.1) is 35.2 Å². The van der Waals surface area contributed by atoms with Gasteiger partial charge in [0.15, 0.2) is 0 Å². The second kappa shape index (κ2) is 19.3. The molecule has 3 heterocycles. The van der Waals surface area contributed by atoms with Crippen LogP contribution in [-0.2, 0) is 48.1 Å². The number of ether oxygens (including phenoxy) is 4. The van der Waals surface area contributed by atoms with E-state index in [0.717, 1.165) is 22.0 Å². The van der Waals surface area contributed by atoms with E-state index < -0.39 is 0 Å². The Morgan fingerprint density at radius 2 is 1.41 bits per heavy atom. The molecule has 0 aliphatic carbocycles. The Kier molecular flexibility index (Phi) is 14.6. The van der Waals surface area contributed by atoms with E-state index in [2.05, 4.69) is 9.97 Å². The number of methoxy groups -OCH3 is 2. The molecule has 0 unspecified atom stereocenters. The summed E-state index contributed by atoms with van der Waals surface area (Å²) in [6, 6.07) is 19.9. The fraction of sp³-hybridized carbons (Fsp3) is 0.316. The van der Waals surface area contributed by atoms with Crippen LogP contribution >= 0.6 is 11.6 Å². The van der Waals surface area contributed by atoms with Crippen LogP contribution in [0.3, 0.4) is 0 Å². The van der Waals surface area contributed by atoms with Gasteiger partial charge < -0.3 is 18.9 Å². The minimum atomic E-state index is -0.302. The molecular weight excluding hydrogens is 676 g/mol. The number of halogens is 1. The number of aromatic nitrogens is 3. The molecule has 2 aromatic carbocycles. The highest BCUT2D eigenvalue weighted by molar-refractivity contribution is 6.33. The number of rotatable bonds is 14. The predicted octanol–water partition coefficient (Wildman–Crippen LogP) is 6.13. The molecule has 0 N–H and O–H groups in total. The van der Waals surface area contributed by atoms with Crippen molar-refractivity contribution in [1.29, 1.82) is 0 Å². The van der Waals surface area contributed by atoms with E-state index in [0.29, 0.717) is 61.1 Å². The van der Waals surface area contributed by atoms with Crippen LogP contribution in [0.15, 0.2) is 83.9 Å². The van der Waals surface area contributed by atoms with Crippen LogP contribution in [0.1, 0.15) is 48.2 Å². The van der Waals surface area contributed by atoms with Crippen LogP contribution in [-0.4, -0.2) is 66.5 Å². The first-order chi connectivity index (χ1) is 24.7. The van der Waals surface area contributed by atoms with Gasteiger partial charge in [-0.3, -0.25) is 33.6 Å². The predicted molar refractivity (Wildman–Crippen MR) is 195 cm³/mol. The average molecular weight is 717 g/mol. The molecular formula is C38H41ClN4O8. The minimum absolute atomic E-state index is 0.0756. The maximum absolute atomic E-state index is 12.8. The van der Waals surface area contributed by atoms with Crippen LogP contribution in [0.2, 0.25) is 5.15 Å². The van der Waals surface area contributed by atoms with Crippen LogP contribution in [0.4, 0.5) is 5.69 Å². The second-order valence-electron chi connectivity index (χ2n) is 11.2. The maximum atomic E-state index is 12.8. The lowest BCUT2D eigenvalue weighted by molar-refractivity contribution is -0.144. The standard InChI is InChI=1S/C19H21ClN2O4.C19H20N2O4/c1-3-26-17(23)11-8-14-6-9-15(10-7-14)22(13-25-2)19(24)16-5-4-12-21-18(16)20;1-3-25-17(22)9-7-13-6-8-16-15(11-13)18-14(5-4-10-20-18)19(23)21(16)12-24-2/h4-7,9-10,12H,3,8,11,13H2,1-2H3;4-6,8,10-11H,3,7,9,12H2,1-2H3. The lowest BCUT2D eigenvalue weighted by Crippen LogP contribution is -2.33. The van der Waals surface area contributed by atoms with Gasteiger partial charge in [-0.25, -0.2) is 4.98 Å². The number of esters is 2. The third-order valence-electron chi connectivity index (χ3n) is 7.74. The number of nitrogens with zero attached hydrogens (tertiary/aromatic N) is 4. The van der Waals surface area contributed by atoms with Gasteiger partial charge in [-0.05, 0) is 86.3 Å². The molecule has 3 aromatic heterocycles. The highest BCUT2D eigenvalue weighted by Gasteiger charge is 2.20. The van der Waals surface area contributed by atoms with E-state index in [1.54, 1.807) is 56.0 Å². The molecule has 0 radical (unpaired) electrons. The topological polar surface area (TPSA) is 139 Å². The smallest absolute Gasteiger partial charge is 0.306 e. The summed E-state index contributed by atoms with van der Waals surface area (Å²) >= 11 is 6.03. The molecule has 5 aromatic rings. The lowest BCUT2D eigenvalue weighted by atomic mass is 10.0. The fourth-order valence-corrected chi connectivity index (χ4v) is 5.54. The number of benzene rings is 2. The molecule has 5 rings (SSSR count). The number of amides is 1. The van der Waals surface area contributed by atoms with Crippen molar-refractivity contribution in [3.8, 4) is 0 Å². The molecule has 0 bridgehead atoms. The van der Waals surface area contributed by atoms with Crippen molar-refractivity contribution in [1.82, 2.24) is 14.5 Å². The van der Waals surface area contributed by atoms with Crippen LogP contribution in [0.5, 0.6) is 0 Å². The SMILES string of the molecule is CCOC(=O)CCc1ccc(N(COC)C(=O)c2cccnc2Cl)cc1.CCOC(=O)CCc1ccc2c(c1)c1ncccc1c(=O)n2COC. The summed E-state index contributed by atoms with van der Waals surface area (Å²) in [5.41, 5.74) is 4.23. The van der Waals surface area contributed by atoms with E-state index >= 15 is 0 Å². The van der Waals surface area contributed by atoms with E-state index in [-0.39, 0.29) is 42.0 Å². The zero-order chi connectivity index (χ0) is 36.8. The van der Waals surface area contributed by atoms with Gasteiger partial charge in [-0.2, -0.15) is 0 Å². The van der Waals surface area contributed by atoms with Crippen molar-refractivity contribution >= 4 is 56.9 Å². The third-order valence-corrected chi connectivity index (χ3v) is 8.04. The second-order valence-corrected chi connectivity index (χ2v) is 11.5. The lowest BCUT2D eigenvalue weighted by Gasteiger charge is -2.22. The van der Waals surface area contributed by atoms with Gasteiger partial charge in [0.25, 0.3) is 11.5 Å². The van der Waals surface area contributed by atoms with Gasteiger partial charge in [-0.1, -0.05) is 29.8 Å². The molecule has 0 saturated carbocycles. The van der Waals surface area contributed by atoms with Crippen molar-refractivity contribution < 1.29 is 33.3 Å². The average Bonchev–Trinajstić information content (AvgIpc) is 3.14. The number of carbonyl (C=O) groups is 3. The van der Waals surface area contributed by atoms with Gasteiger partial charge in [0, 0.05) is 50.5 Å². The van der Waals surface area contributed by atoms with Crippen molar-refractivity contribution in [3.05, 3.63) is 111 Å². The third kappa shape index (κ3) is 10.2. The molecule has 0 aliphatic rings. The van der Waals surface area contributed by atoms with Crippen LogP contribution in [0.25, 0.3) is 21.8 Å². The number of hydrogen-bond donors (Lipinski definition) is 0. The highest BCUT2D eigenvalue weighted by Crippen LogP contribution is 2.24. The summed E-state index contributed by atoms with van der Waals surface area (Å²) in [7, 11) is 3.07. The first-order valence-corrected chi connectivity index (χ1v) is 16.8. The summed E-state index contributed by atoms with van der Waals surface area (Å²) in [6.45, 7) is 4.58. The van der Waals surface area contributed by atoms with Gasteiger partial charge in [0.2, 0.25) is 0 Å². The molecule has 0 spiro atoms. The maximum Gasteiger partial charge on any atom is 0.306 e. The van der Waals surface area contributed by atoms with E-state index in [1.807, 2.05) is 42.5 Å². The number of fused-ring (bicyclic) bond motifs is 3.